The molecule has 0 bridgehead atoms. The van der Waals surface area contributed by atoms with Gasteiger partial charge in [-0.3, -0.25) is 9.78 Å². The lowest BCUT2D eigenvalue weighted by atomic mass is 10.0. The average molecular weight is 307 g/mol. The van der Waals surface area contributed by atoms with Crippen LogP contribution in [0.4, 0.5) is 10.2 Å². The molecule has 2 aromatic heterocycles. The Hall–Kier alpha value is -3.08. The summed E-state index contributed by atoms with van der Waals surface area (Å²) in [5, 5.41) is 2.67. The van der Waals surface area contributed by atoms with E-state index in [-0.39, 0.29) is 5.56 Å². The molecule has 1 N–H and O–H groups in total. The Morgan fingerprint density at radius 3 is 2.70 bits per heavy atom. The molecule has 0 unspecified atom stereocenters. The number of carbonyl (C=O) groups is 1. The van der Waals surface area contributed by atoms with Crippen LogP contribution in [-0.2, 0) is 0 Å². The highest BCUT2D eigenvalue weighted by molar-refractivity contribution is 6.04. The molecule has 1 amide bonds. The maximum Gasteiger partial charge on any atom is 0.256 e. The number of hydrogen-bond donors (Lipinski definition) is 1. The number of hydrogen-bond acceptors (Lipinski definition) is 3. The summed E-state index contributed by atoms with van der Waals surface area (Å²) < 4.78 is 13.9. The second-order valence-electron chi connectivity index (χ2n) is 5.09. The lowest BCUT2D eigenvalue weighted by Crippen LogP contribution is -2.13. The van der Waals surface area contributed by atoms with E-state index in [4.69, 9.17) is 0 Å². The highest BCUT2D eigenvalue weighted by Crippen LogP contribution is 2.21. The molecular formula is C18H14FN3O. The fraction of sp³-hybridized carbons (Fsp3) is 0.0556. The van der Waals surface area contributed by atoms with E-state index < -0.39 is 11.7 Å². The lowest BCUT2D eigenvalue weighted by Gasteiger charge is -2.08. The molecule has 0 saturated heterocycles. The van der Waals surface area contributed by atoms with E-state index in [9.17, 15) is 9.18 Å². The number of nitrogens with one attached hydrogen (secondary N) is 1. The van der Waals surface area contributed by atoms with Crippen LogP contribution in [-0.4, -0.2) is 15.9 Å². The summed E-state index contributed by atoms with van der Waals surface area (Å²) in [7, 11) is 0. The molecule has 0 atom stereocenters. The van der Waals surface area contributed by atoms with Crippen LogP contribution in [0.5, 0.6) is 0 Å². The van der Waals surface area contributed by atoms with Crippen molar-refractivity contribution >= 4 is 11.7 Å². The zero-order valence-electron chi connectivity index (χ0n) is 12.5. The van der Waals surface area contributed by atoms with Gasteiger partial charge in [-0.15, -0.1) is 0 Å². The minimum atomic E-state index is -0.478. The Labute approximate surface area is 133 Å². The zero-order valence-corrected chi connectivity index (χ0v) is 12.5. The SMILES string of the molecule is Cc1cccc(NC(=O)c2cc(F)cc(-c3cccnc3)c2)n1. The second kappa shape index (κ2) is 6.36. The van der Waals surface area contributed by atoms with E-state index in [0.717, 1.165) is 11.3 Å². The number of benzene rings is 1. The third-order valence-electron chi connectivity index (χ3n) is 3.28. The third kappa shape index (κ3) is 3.58. The van der Waals surface area contributed by atoms with Crippen molar-refractivity contribution in [3.05, 3.63) is 78.0 Å². The molecule has 0 aliphatic carbocycles. The number of aromatic nitrogens is 2. The van der Waals surface area contributed by atoms with Gasteiger partial charge in [0.15, 0.2) is 0 Å². The monoisotopic (exact) mass is 307 g/mol. The standard InChI is InChI=1S/C18H14FN3O/c1-12-4-2-6-17(21-12)22-18(23)15-8-14(9-16(19)10-15)13-5-3-7-20-11-13/h2-11H,1H3,(H,21,22,23). The van der Waals surface area contributed by atoms with Gasteiger partial charge in [0.1, 0.15) is 11.6 Å². The average Bonchev–Trinajstić information content (AvgIpc) is 2.55. The molecule has 114 valence electrons. The van der Waals surface area contributed by atoms with Gasteiger partial charge >= 0.3 is 0 Å². The van der Waals surface area contributed by atoms with Crippen molar-refractivity contribution in [1.82, 2.24) is 9.97 Å². The number of rotatable bonds is 3. The molecular weight excluding hydrogens is 293 g/mol. The molecule has 0 spiro atoms. The summed E-state index contributed by atoms with van der Waals surface area (Å²) in [5.74, 6) is -0.455. The Morgan fingerprint density at radius 1 is 1.09 bits per heavy atom. The number of nitrogens with zero attached hydrogens (tertiary/aromatic N) is 2. The van der Waals surface area contributed by atoms with E-state index in [1.54, 1.807) is 36.7 Å². The normalized spacial score (nSPS) is 10.3. The van der Waals surface area contributed by atoms with Crippen molar-refractivity contribution < 1.29 is 9.18 Å². The Morgan fingerprint density at radius 2 is 1.96 bits per heavy atom. The maximum absolute atomic E-state index is 13.9. The predicted molar refractivity (Wildman–Crippen MR) is 86.6 cm³/mol. The number of pyridine rings is 2. The number of aryl methyl sites for hydroxylation is 1. The number of carbonyl (C=O) groups excluding carboxylic acids is 1. The topological polar surface area (TPSA) is 54.9 Å². The first-order valence-corrected chi connectivity index (χ1v) is 7.08. The minimum absolute atomic E-state index is 0.229. The summed E-state index contributed by atoms with van der Waals surface area (Å²) in [6.07, 6.45) is 3.26. The molecule has 0 fully saturated rings. The molecule has 5 heteroatoms. The summed E-state index contributed by atoms with van der Waals surface area (Å²) in [6, 6.07) is 13.1. The van der Waals surface area contributed by atoms with Crippen LogP contribution in [0.3, 0.4) is 0 Å². The van der Waals surface area contributed by atoms with Gasteiger partial charge in [0.2, 0.25) is 0 Å². The molecule has 4 nitrogen and oxygen atoms in total. The Bertz CT molecular complexity index is 850. The van der Waals surface area contributed by atoms with Gasteiger partial charge in [-0.25, -0.2) is 9.37 Å². The Kier molecular flexibility index (Phi) is 4.10. The number of anilines is 1. The molecule has 1 aromatic carbocycles. The van der Waals surface area contributed by atoms with Gasteiger partial charge in [0.25, 0.3) is 5.91 Å². The molecule has 23 heavy (non-hydrogen) atoms. The molecule has 0 saturated carbocycles. The van der Waals surface area contributed by atoms with E-state index in [1.165, 1.54) is 12.1 Å². The van der Waals surface area contributed by atoms with E-state index in [1.807, 2.05) is 19.1 Å². The summed E-state index contributed by atoms with van der Waals surface area (Å²) in [5.41, 5.74) is 2.36. The summed E-state index contributed by atoms with van der Waals surface area (Å²) in [4.78, 5) is 20.5. The largest absolute Gasteiger partial charge is 0.307 e. The van der Waals surface area contributed by atoms with Crippen molar-refractivity contribution in [2.45, 2.75) is 6.92 Å². The first kappa shape index (κ1) is 14.8. The van der Waals surface area contributed by atoms with Gasteiger partial charge in [-0.05, 0) is 48.9 Å². The van der Waals surface area contributed by atoms with Crippen LogP contribution in [0.2, 0.25) is 0 Å². The second-order valence-corrected chi connectivity index (χ2v) is 5.09. The van der Waals surface area contributed by atoms with Crippen molar-refractivity contribution in [3.63, 3.8) is 0 Å². The molecule has 3 rings (SSSR count). The number of amides is 1. The Balaban J connectivity index is 1.90. The smallest absolute Gasteiger partial charge is 0.256 e. The summed E-state index contributed by atoms with van der Waals surface area (Å²) in [6.45, 7) is 1.83. The molecule has 2 heterocycles. The minimum Gasteiger partial charge on any atom is -0.307 e. The van der Waals surface area contributed by atoms with E-state index >= 15 is 0 Å². The van der Waals surface area contributed by atoms with Crippen LogP contribution in [0.25, 0.3) is 11.1 Å². The van der Waals surface area contributed by atoms with E-state index in [2.05, 4.69) is 15.3 Å². The fourth-order valence-electron chi connectivity index (χ4n) is 2.22. The zero-order chi connectivity index (χ0) is 16.2. The highest BCUT2D eigenvalue weighted by Gasteiger charge is 2.11. The van der Waals surface area contributed by atoms with E-state index in [0.29, 0.717) is 11.4 Å². The predicted octanol–water partition coefficient (Wildman–Crippen LogP) is 3.84. The maximum atomic E-state index is 13.9. The van der Waals surface area contributed by atoms with Crippen LogP contribution >= 0.6 is 0 Å². The van der Waals surface area contributed by atoms with Crippen molar-refractivity contribution in [3.8, 4) is 11.1 Å². The number of halogens is 1. The van der Waals surface area contributed by atoms with Gasteiger partial charge in [0.05, 0.1) is 0 Å². The lowest BCUT2D eigenvalue weighted by molar-refractivity contribution is 0.102. The molecule has 0 aliphatic heterocycles. The van der Waals surface area contributed by atoms with Crippen LogP contribution in [0, 0.1) is 12.7 Å². The first-order chi connectivity index (χ1) is 11.1. The van der Waals surface area contributed by atoms with Crippen LogP contribution < -0.4 is 5.32 Å². The van der Waals surface area contributed by atoms with Crippen molar-refractivity contribution in [2.24, 2.45) is 0 Å². The first-order valence-electron chi connectivity index (χ1n) is 7.08. The van der Waals surface area contributed by atoms with Crippen LogP contribution in [0.15, 0.2) is 60.9 Å². The van der Waals surface area contributed by atoms with Crippen molar-refractivity contribution in [2.75, 3.05) is 5.32 Å². The van der Waals surface area contributed by atoms with Gasteiger partial charge < -0.3 is 5.32 Å². The van der Waals surface area contributed by atoms with Gasteiger partial charge in [0, 0.05) is 29.2 Å². The fourth-order valence-corrected chi connectivity index (χ4v) is 2.22. The van der Waals surface area contributed by atoms with Crippen molar-refractivity contribution in [1.29, 1.82) is 0 Å². The summed E-state index contributed by atoms with van der Waals surface area (Å²) >= 11 is 0. The molecule has 0 radical (unpaired) electrons. The molecule has 0 aliphatic rings. The molecule has 3 aromatic rings. The highest BCUT2D eigenvalue weighted by atomic mass is 19.1. The third-order valence-corrected chi connectivity index (χ3v) is 3.28. The quantitative estimate of drug-likeness (QED) is 0.799. The van der Waals surface area contributed by atoms with Gasteiger partial charge in [-0.2, -0.15) is 0 Å². The van der Waals surface area contributed by atoms with Gasteiger partial charge in [-0.1, -0.05) is 12.1 Å². The van der Waals surface area contributed by atoms with Crippen LogP contribution in [0.1, 0.15) is 16.1 Å².